The highest BCUT2D eigenvalue weighted by molar-refractivity contribution is 14.1. The first-order chi connectivity index (χ1) is 16.3. The second-order valence-corrected chi connectivity index (χ2v) is 9.32. The Bertz CT molecular complexity index is 1230. The van der Waals surface area contributed by atoms with Crippen molar-refractivity contribution in [3.05, 3.63) is 74.6 Å². The summed E-state index contributed by atoms with van der Waals surface area (Å²) >= 11 is 1.79. The molecule has 178 valence electrons. The summed E-state index contributed by atoms with van der Waals surface area (Å²) in [5.41, 5.74) is 7.57. The fraction of sp³-hybridized carbons (Fsp3) is 0.292. The van der Waals surface area contributed by atoms with Gasteiger partial charge in [-0.15, -0.1) is 0 Å². The quantitative estimate of drug-likeness (QED) is 0.330. The van der Waals surface area contributed by atoms with Crippen LogP contribution in [0.25, 0.3) is 11.3 Å². The number of nitrogens with two attached hydrogens (primary N) is 1. The average molecular weight is 580 g/mol. The molecule has 0 unspecified atom stereocenters. The molecule has 2 aromatic carbocycles. The minimum Gasteiger partial charge on any atom is -0.394 e. The van der Waals surface area contributed by atoms with Crippen molar-refractivity contribution in [1.29, 1.82) is 0 Å². The molecule has 1 aliphatic rings. The first kappa shape index (κ1) is 24.4. The van der Waals surface area contributed by atoms with Gasteiger partial charge in [0.05, 0.1) is 33.6 Å². The minimum atomic E-state index is -0.905. The highest BCUT2D eigenvalue weighted by Crippen LogP contribution is 2.35. The van der Waals surface area contributed by atoms with Crippen LogP contribution >= 0.6 is 22.6 Å². The highest BCUT2D eigenvalue weighted by atomic mass is 127. The Kier molecular flexibility index (Phi) is 7.39. The number of amides is 1. The summed E-state index contributed by atoms with van der Waals surface area (Å²) < 4.78 is 29.0. The third kappa shape index (κ3) is 5.03. The van der Waals surface area contributed by atoms with E-state index in [1.165, 1.54) is 24.3 Å². The molecule has 0 spiro atoms. The van der Waals surface area contributed by atoms with E-state index < -0.39 is 30.2 Å². The second-order valence-electron chi connectivity index (χ2n) is 8.24. The Morgan fingerprint density at radius 2 is 2.03 bits per heavy atom. The summed E-state index contributed by atoms with van der Waals surface area (Å²) in [5.74, 6) is -1.81. The topological polar surface area (TPSA) is 121 Å². The van der Waals surface area contributed by atoms with Crippen molar-refractivity contribution < 1.29 is 23.8 Å². The maximum absolute atomic E-state index is 14.9. The third-order valence-corrected chi connectivity index (χ3v) is 7.11. The number of carbonyl (C=O) groups is 1. The summed E-state index contributed by atoms with van der Waals surface area (Å²) in [7, 11) is 0. The summed E-state index contributed by atoms with van der Waals surface area (Å²) in [4.78, 5) is 21.4. The SMILES string of the molecule is Nc1nc([C@@H]2CC[C@@H](O)C2)cnc1-c1ccc(C(=O)N[C@H](CO)c2cccc(F)c2I)c(F)c1. The van der Waals surface area contributed by atoms with E-state index in [-0.39, 0.29) is 32.7 Å². The Morgan fingerprint density at radius 1 is 1.24 bits per heavy atom. The van der Waals surface area contributed by atoms with Crippen molar-refractivity contribution in [2.75, 3.05) is 12.3 Å². The fourth-order valence-corrected chi connectivity index (χ4v) is 4.89. The average Bonchev–Trinajstić information content (AvgIpc) is 3.25. The summed E-state index contributed by atoms with van der Waals surface area (Å²) in [6, 6.07) is 7.39. The molecule has 34 heavy (non-hydrogen) atoms. The summed E-state index contributed by atoms with van der Waals surface area (Å²) in [6.45, 7) is -0.485. The van der Waals surface area contributed by atoms with Gasteiger partial charge in [0.1, 0.15) is 23.1 Å². The predicted octanol–water partition coefficient (Wildman–Crippen LogP) is 3.70. The van der Waals surface area contributed by atoms with E-state index in [0.717, 1.165) is 12.5 Å². The number of hydrogen-bond donors (Lipinski definition) is 4. The van der Waals surface area contributed by atoms with Crippen LogP contribution in [0, 0.1) is 15.2 Å². The smallest absolute Gasteiger partial charge is 0.254 e. The van der Waals surface area contributed by atoms with E-state index in [9.17, 15) is 23.8 Å². The highest BCUT2D eigenvalue weighted by Gasteiger charge is 2.26. The van der Waals surface area contributed by atoms with Gasteiger partial charge < -0.3 is 21.3 Å². The van der Waals surface area contributed by atoms with Crippen molar-refractivity contribution in [2.45, 2.75) is 37.3 Å². The zero-order valence-electron chi connectivity index (χ0n) is 18.0. The Hall–Kier alpha value is -2.70. The van der Waals surface area contributed by atoms with Gasteiger partial charge in [0, 0.05) is 17.7 Å². The van der Waals surface area contributed by atoms with Gasteiger partial charge >= 0.3 is 0 Å². The van der Waals surface area contributed by atoms with E-state index in [1.807, 2.05) is 0 Å². The molecule has 4 rings (SSSR count). The maximum Gasteiger partial charge on any atom is 0.254 e. The monoisotopic (exact) mass is 580 g/mol. The molecule has 1 aromatic heterocycles. The number of aliphatic hydroxyl groups excluding tert-OH is 2. The lowest BCUT2D eigenvalue weighted by Gasteiger charge is -2.19. The van der Waals surface area contributed by atoms with Crippen molar-refractivity contribution >= 4 is 34.3 Å². The summed E-state index contributed by atoms with van der Waals surface area (Å²) in [6.07, 6.45) is 3.35. The maximum atomic E-state index is 14.9. The standard InChI is InChI=1S/C24H23F2IN4O3/c25-17-3-1-2-16(21(17)27)20(11-32)31-24(34)15-7-5-13(9-18(15)26)22-23(28)30-19(10-29-22)12-4-6-14(33)8-12/h1-3,5,7,9-10,12,14,20,32-33H,4,6,8,11H2,(H2,28,30)(H,31,34)/t12-,14-,20-/m1/s1. The molecule has 0 aliphatic heterocycles. The Morgan fingerprint density at radius 3 is 2.68 bits per heavy atom. The van der Waals surface area contributed by atoms with Gasteiger partial charge in [0.25, 0.3) is 5.91 Å². The van der Waals surface area contributed by atoms with Gasteiger partial charge in [-0.1, -0.05) is 18.2 Å². The van der Waals surface area contributed by atoms with Crippen molar-refractivity contribution in [3.63, 3.8) is 0 Å². The molecule has 1 amide bonds. The number of nitrogens with one attached hydrogen (secondary N) is 1. The van der Waals surface area contributed by atoms with Crippen LogP contribution in [0.15, 0.2) is 42.6 Å². The lowest BCUT2D eigenvalue weighted by Crippen LogP contribution is -2.32. The lowest BCUT2D eigenvalue weighted by atomic mass is 10.0. The predicted molar refractivity (Wildman–Crippen MR) is 131 cm³/mol. The molecule has 5 N–H and O–H groups in total. The van der Waals surface area contributed by atoms with Gasteiger partial charge in [0.2, 0.25) is 0 Å². The zero-order valence-corrected chi connectivity index (χ0v) is 20.2. The van der Waals surface area contributed by atoms with E-state index in [2.05, 4.69) is 15.3 Å². The van der Waals surface area contributed by atoms with Gasteiger partial charge in [-0.2, -0.15) is 0 Å². The van der Waals surface area contributed by atoms with Gasteiger partial charge in [0.15, 0.2) is 0 Å². The van der Waals surface area contributed by atoms with Crippen LogP contribution in [0.5, 0.6) is 0 Å². The normalized spacial score (nSPS) is 18.6. The number of carbonyl (C=O) groups excluding carboxylic acids is 1. The molecule has 0 radical (unpaired) electrons. The fourth-order valence-electron chi connectivity index (χ4n) is 4.16. The van der Waals surface area contributed by atoms with Gasteiger partial charge in [-0.05, 0) is 65.6 Å². The number of anilines is 1. The molecule has 0 bridgehead atoms. The first-order valence-corrected chi connectivity index (χ1v) is 11.8. The number of benzene rings is 2. The molecular formula is C24H23F2IN4O3. The van der Waals surface area contributed by atoms with E-state index in [1.54, 1.807) is 34.9 Å². The molecule has 3 aromatic rings. The van der Waals surface area contributed by atoms with Crippen LogP contribution in [0.4, 0.5) is 14.6 Å². The van der Waals surface area contributed by atoms with Crippen LogP contribution in [0.2, 0.25) is 0 Å². The number of halogens is 3. The Balaban J connectivity index is 1.54. The van der Waals surface area contributed by atoms with E-state index in [4.69, 9.17) is 5.73 Å². The number of nitrogens with zero attached hydrogens (tertiary/aromatic N) is 2. The van der Waals surface area contributed by atoms with Crippen LogP contribution < -0.4 is 11.1 Å². The molecule has 1 aliphatic carbocycles. The van der Waals surface area contributed by atoms with Gasteiger partial charge in [-0.3, -0.25) is 9.78 Å². The molecule has 3 atom stereocenters. The largest absolute Gasteiger partial charge is 0.394 e. The second kappa shape index (κ2) is 10.3. The lowest BCUT2D eigenvalue weighted by molar-refractivity contribution is 0.0911. The minimum absolute atomic E-state index is 0.0854. The van der Waals surface area contributed by atoms with Crippen molar-refractivity contribution in [3.8, 4) is 11.3 Å². The first-order valence-electron chi connectivity index (χ1n) is 10.7. The molecule has 10 heteroatoms. The number of hydrogen-bond acceptors (Lipinski definition) is 6. The molecule has 1 fully saturated rings. The molecule has 7 nitrogen and oxygen atoms in total. The molecule has 0 saturated heterocycles. The zero-order chi connectivity index (χ0) is 24.4. The van der Waals surface area contributed by atoms with Gasteiger partial charge in [-0.25, -0.2) is 13.8 Å². The summed E-state index contributed by atoms with van der Waals surface area (Å²) in [5, 5.41) is 22.0. The van der Waals surface area contributed by atoms with Crippen molar-refractivity contribution in [1.82, 2.24) is 15.3 Å². The number of aromatic nitrogens is 2. The van der Waals surface area contributed by atoms with E-state index in [0.29, 0.717) is 29.7 Å². The van der Waals surface area contributed by atoms with Crippen molar-refractivity contribution in [2.24, 2.45) is 0 Å². The molecule has 1 heterocycles. The number of aliphatic hydroxyl groups is 2. The number of rotatable bonds is 6. The molecule has 1 saturated carbocycles. The Labute approximate surface area is 208 Å². The van der Waals surface area contributed by atoms with Crippen LogP contribution in [0.1, 0.15) is 52.8 Å². The van der Waals surface area contributed by atoms with Crippen LogP contribution in [-0.2, 0) is 0 Å². The number of nitrogen functional groups attached to an aromatic ring is 1. The van der Waals surface area contributed by atoms with Crippen LogP contribution in [0.3, 0.4) is 0 Å². The van der Waals surface area contributed by atoms with E-state index >= 15 is 0 Å². The molecular weight excluding hydrogens is 557 g/mol. The third-order valence-electron chi connectivity index (χ3n) is 5.97. The van der Waals surface area contributed by atoms with Crippen LogP contribution in [-0.4, -0.2) is 38.8 Å².